The van der Waals surface area contributed by atoms with E-state index in [-0.39, 0.29) is 5.91 Å². The van der Waals surface area contributed by atoms with Gasteiger partial charge in [0.1, 0.15) is 5.76 Å². The van der Waals surface area contributed by atoms with E-state index in [0.717, 1.165) is 48.7 Å². The molecule has 0 aliphatic rings. The van der Waals surface area contributed by atoms with E-state index in [2.05, 4.69) is 34.0 Å². The number of fused-ring (bicyclic) bond motifs is 1. The zero-order valence-electron chi connectivity index (χ0n) is 15.5. The van der Waals surface area contributed by atoms with Gasteiger partial charge in [0.25, 0.3) is 5.91 Å². The van der Waals surface area contributed by atoms with Crippen LogP contribution in [0.4, 0.5) is 0 Å². The zero-order valence-corrected chi connectivity index (χ0v) is 15.5. The number of aryl methyl sites for hydroxylation is 1. The van der Waals surface area contributed by atoms with Crippen LogP contribution in [0.2, 0.25) is 0 Å². The first-order chi connectivity index (χ1) is 12.7. The van der Waals surface area contributed by atoms with E-state index in [1.807, 2.05) is 23.6 Å². The molecule has 0 atom stereocenters. The third-order valence-corrected chi connectivity index (χ3v) is 4.55. The molecule has 0 aliphatic heterocycles. The molecule has 0 radical (unpaired) electrons. The fourth-order valence-corrected chi connectivity index (χ4v) is 2.98. The van der Waals surface area contributed by atoms with Crippen LogP contribution in [0, 0.1) is 0 Å². The van der Waals surface area contributed by atoms with Gasteiger partial charge < -0.3 is 9.73 Å². The number of imidazole rings is 1. The molecule has 0 bridgehead atoms. The van der Waals surface area contributed by atoms with Crippen molar-refractivity contribution in [2.45, 2.75) is 40.3 Å². The van der Waals surface area contributed by atoms with E-state index in [9.17, 15) is 4.79 Å². The summed E-state index contributed by atoms with van der Waals surface area (Å²) in [5, 5.41) is 2.91. The summed E-state index contributed by atoms with van der Waals surface area (Å²) in [5.41, 5.74) is 2.73. The number of hydrogen-bond donors (Lipinski definition) is 1. The highest BCUT2D eigenvalue weighted by atomic mass is 16.4. The molecular formula is C19H25N5O2. The van der Waals surface area contributed by atoms with Crippen molar-refractivity contribution in [1.82, 2.24) is 24.6 Å². The molecular weight excluding hydrogens is 330 g/mol. The monoisotopic (exact) mass is 355 g/mol. The van der Waals surface area contributed by atoms with Crippen LogP contribution >= 0.6 is 0 Å². The van der Waals surface area contributed by atoms with Crippen LogP contribution < -0.4 is 5.32 Å². The predicted molar refractivity (Wildman–Crippen MR) is 98.9 cm³/mol. The highest BCUT2D eigenvalue weighted by Gasteiger charge is 2.17. The number of aromatic nitrogens is 3. The maximum Gasteiger partial charge on any atom is 0.287 e. The van der Waals surface area contributed by atoms with Gasteiger partial charge in [-0.2, -0.15) is 0 Å². The van der Waals surface area contributed by atoms with E-state index in [4.69, 9.17) is 4.42 Å². The molecule has 3 heterocycles. The number of nitrogens with zero attached hydrogens (tertiary/aromatic N) is 4. The topological polar surface area (TPSA) is 75.7 Å². The normalized spacial score (nSPS) is 11.4. The van der Waals surface area contributed by atoms with Crippen LogP contribution in [0.3, 0.4) is 0 Å². The lowest BCUT2D eigenvalue weighted by Gasteiger charge is -2.17. The molecule has 0 aliphatic carbocycles. The Bertz CT molecular complexity index is 879. The number of carbonyl (C=O) groups is 1. The van der Waals surface area contributed by atoms with Crippen molar-refractivity contribution in [2.24, 2.45) is 0 Å². The molecule has 0 fully saturated rings. The molecule has 0 saturated carbocycles. The van der Waals surface area contributed by atoms with Crippen LogP contribution in [-0.4, -0.2) is 38.3 Å². The number of carbonyl (C=O) groups excluding carboxylic acids is 1. The molecule has 3 aromatic heterocycles. The van der Waals surface area contributed by atoms with Crippen LogP contribution in [0.1, 0.15) is 48.3 Å². The highest BCUT2D eigenvalue weighted by Crippen LogP contribution is 2.18. The van der Waals surface area contributed by atoms with Crippen molar-refractivity contribution >= 4 is 11.6 Å². The molecule has 3 aromatic rings. The predicted octanol–water partition coefficient (Wildman–Crippen LogP) is 2.66. The molecule has 1 amide bonds. The first-order valence-corrected chi connectivity index (χ1v) is 9.04. The smallest absolute Gasteiger partial charge is 0.287 e. The number of amides is 1. The first kappa shape index (κ1) is 18.1. The second-order valence-corrected chi connectivity index (χ2v) is 6.11. The fraction of sp³-hybridized carbons (Fsp3) is 0.421. The second-order valence-electron chi connectivity index (χ2n) is 6.11. The van der Waals surface area contributed by atoms with Crippen molar-refractivity contribution in [3.63, 3.8) is 0 Å². The number of rotatable bonds is 8. The average Bonchev–Trinajstić information content (AvgIpc) is 3.28. The van der Waals surface area contributed by atoms with E-state index >= 15 is 0 Å². The summed E-state index contributed by atoms with van der Waals surface area (Å²) in [7, 11) is 0. The lowest BCUT2D eigenvalue weighted by molar-refractivity contribution is 0.0921. The molecule has 7 nitrogen and oxygen atoms in total. The Morgan fingerprint density at radius 3 is 2.81 bits per heavy atom. The standard InChI is InChI=1S/C19H25N5O2/c1-4-16-14(13-23(5-2)6-3)9-17(26-16)19(25)22-11-15-10-21-18-12-20-7-8-24(15)18/h7-10,12H,4-6,11,13H2,1-3H3,(H,22,25). The summed E-state index contributed by atoms with van der Waals surface area (Å²) in [6.07, 6.45) is 7.71. The van der Waals surface area contributed by atoms with Crippen LogP contribution in [-0.2, 0) is 19.5 Å². The molecule has 0 aromatic carbocycles. The van der Waals surface area contributed by atoms with Crippen molar-refractivity contribution in [1.29, 1.82) is 0 Å². The summed E-state index contributed by atoms with van der Waals surface area (Å²) in [6, 6.07) is 1.87. The Hall–Kier alpha value is -2.67. The number of furan rings is 1. The molecule has 0 saturated heterocycles. The second kappa shape index (κ2) is 8.14. The van der Waals surface area contributed by atoms with Gasteiger partial charge >= 0.3 is 0 Å². The molecule has 26 heavy (non-hydrogen) atoms. The molecule has 3 rings (SSSR count). The van der Waals surface area contributed by atoms with Crippen LogP contribution in [0.25, 0.3) is 5.65 Å². The largest absolute Gasteiger partial charge is 0.456 e. The lowest BCUT2D eigenvalue weighted by atomic mass is 10.2. The van der Waals surface area contributed by atoms with Gasteiger partial charge in [-0.25, -0.2) is 4.98 Å². The quantitative estimate of drug-likeness (QED) is 0.672. The van der Waals surface area contributed by atoms with Crippen LogP contribution in [0.15, 0.2) is 35.3 Å². The van der Waals surface area contributed by atoms with Crippen molar-refractivity contribution in [2.75, 3.05) is 13.1 Å². The van der Waals surface area contributed by atoms with Gasteiger partial charge in [-0.1, -0.05) is 20.8 Å². The van der Waals surface area contributed by atoms with Gasteiger partial charge in [0.2, 0.25) is 0 Å². The van der Waals surface area contributed by atoms with Gasteiger partial charge in [0.15, 0.2) is 11.4 Å². The minimum absolute atomic E-state index is 0.213. The van der Waals surface area contributed by atoms with Crippen molar-refractivity contribution < 1.29 is 9.21 Å². The van der Waals surface area contributed by atoms with Crippen molar-refractivity contribution in [3.05, 3.63) is 53.6 Å². The first-order valence-electron chi connectivity index (χ1n) is 9.04. The van der Waals surface area contributed by atoms with Gasteiger partial charge in [-0.05, 0) is 19.2 Å². The molecule has 1 N–H and O–H groups in total. The molecule has 0 unspecified atom stereocenters. The van der Waals surface area contributed by atoms with E-state index in [0.29, 0.717) is 12.3 Å². The lowest BCUT2D eigenvalue weighted by Crippen LogP contribution is -2.23. The van der Waals surface area contributed by atoms with Crippen molar-refractivity contribution in [3.8, 4) is 0 Å². The highest BCUT2D eigenvalue weighted by molar-refractivity contribution is 5.91. The van der Waals surface area contributed by atoms with E-state index in [1.165, 1.54) is 0 Å². The Labute approximate surface area is 153 Å². The van der Waals surface area contributed by atoms with E-state index in [1.54, 1.807) is 18.6 Å². The summed E-state index contributed by atoms with van der Waals surface area (Å²) in [4.78, 5) is 23.1. The Kier molecular flexibility index (Phi) is 5.68. The maximum atomic E-state index is 12.5. The molecule has 7 heteroatoms. The molecule has 0 spiro atoms. The SMILES string of the molecule is CCc1oc(C(=O)NCc2cnc3cnccn23)cc1CN(CC)CC. The van der Waals surface area contributed by atoms with Gasteiger partial charge in [0.05, 0.1) is 24.6 Å². The minimum atomic E-state index is -0.213. The molecule has 138 valence electrons. The van der Waals surface area contributed by atoms with Gasteiger partial charge in [-0.3, -0.25) is 19.1 Å². The third kappa shape index (κ3) is 3.77. The number of nitrogens with one attached hydrogen (secondary N) is 1. The summed E-state index contributed by atoms with van der Waals surface area (Å²) in [5.74, 6) is 1.02. The minimum Gasteiger partial charge on any atom is -0.456 e. The number of hydrogen-bond acceptors (Lipinski definition) is 5. The Morgan fingerprint density at radius 2 is 2.08 bits per heavy atom. The van der Waals surface area contributed by atoms with Crippen LogP contribution in [0.5, 0.6) is 0 Å². The fourth-order valence-electron chi connectivity index (χ4n) is 2.98. The van der Waals surface area contributed by atoms with E-state index < -0.39 is 0 Å². The van der Waals surface area contributed by atoms with Gasteiger partial charge in [0, 0.05) is 30.9 Å². The van der Waals surface area contributed by atoms with Gasteiger partial charge in [-0.15, -0.1) is 0 Å². The Morgan fingerprint density at radius 1 is 1.27 bits per heavy atom. The summed E-state index contributed by atoms with van der Waals surface area (Å²) < 4.78 is 7.70. The third-order valence-electron chi connectivity index (χ3n) is 4.55. The zero-order chi connectivity index (χ0) is 18.5. The maximum absolute atomic E-state index is 12.5. The summed E-state index contributed by atoms with van der Waals surface area (Å²) >= 11 is 0. The average molecular weight is 355 g/mol. The Balaban J connectivity index is 1.70. The summed E-state index contributed by atoms with van der Waals surface area (Å²) in [6.45, 7) is 9.41.